The fourth-order valence-corrected chi connectivity index (χ4v) is 2.70. The van der Waals surface area contributed by atoms with Crippen molar-refractivity contribution in [3.8, 4) is 11.1 Å². The summed E-state index contributed by atoms with van der Waals surface area (Å²) in [5.41, 5.74) is 3.65. The standard InChI is InChI=1S/C14H16ClN3/c15-12-3-1-10(2-4-12)13-9-17-18-14(13)11-5-7-16-8-6-11/h1-4,9,11,16H,5-8H2,(H,17,18). The Bertz CT molecular complexity index is 512. The van der Waals surface area contributed by atoms with Crippen molar-refractivity contribution in [3.05, 3.63) is 41.2 Å². The molecule has 3 nitrogen and oxygen atoms in total. The predicted octanol–water partition coefficient (Wildman–Crippen LogP) is 3.20. The number of nitrogens with zero attached hydrogens (tertiary/aromatic N) is 1. The van der Waals surface area contributed by atoms with Crippen molar-refractivity contribution < 1.29 is 0 Å². The van der Waals surface area contributed by atoms with Gasteiger partial charge in [-0.3, -0.25) is 5.10 Å². The van der Waals surface area contributed by atoms with Gasteiger partial charge in [0.15, 0.2) is 0 Å². The summed E-state index contributed by atoms with van der Waals surface area (Å²) in [6.45, 7) is 2.17. The summed E-state index contributed by atoms with van der Waals surface area (Å²) >= 11 is 5.93. The highest BCUT2D eigenvalue weighted by molar-refractivity contribution is 6.30. The molecule has 0 bridgehead atoms. The molecule has 2 N–H and O–H groups in total. The minimum atomic E-state index is 0.583. The number of hydrogen-bond donors (Lipinski definition) is 2. The topological polar surface area (TPSA) is 40.7 Å². The second-order valence-corrected chi connectivity index (χ2v) is 5.16. The van der Waals surface area contributed by atoms with Gasteiger partial charge in [-0.25, -0.2) is 0 Å². The molecule has 1 fully saturated rings. The van der Waals surface area contributed by atoms with E-state index < -0.39 is 0 Å². The third kappa shape index (κ3) is 2.28. The summed E-state index contributed by atoms with van der Waals surface area (Å²) in [5.74, 6) is 0.583. The van der Waals surface area contributed by atoms with Crippen LogP contribution in [0.2, 0.25) is 5.02 Å². The van der Waals surface area contributed by atoms with E-state index in [0.29, 0.717) is 5.92 Å². The van der Waals surface area contributed by atoms with Crippen LogP contribution < -0.4 is 5.32 Å². The third-order valence-corrected chi connectivity index (χ3v) is 3.82. The molecule has 0 unspecified atom stereocenters. The minimum Gasteiger partial charge on any atom is -0.317 e. The number of piperidine rings is 1. The Kier molecular flexibility index (Phi) is 3.35. The van der Waals surface area contributed by atoms with Crippen molar-refractivity contribution in [2.45, 2.75) is 18.8 Å². The zero-order valence-electron chi connectivity index (χ0n) is 10.1. The molecule has 0 spiro atoms. The van der Waals surface area contributed by atoms with E-state index in [-0.39, 0.29) is 0 Å². The molecule has 3 rings (SSSR count). The van der Waals surface area contributed by atoms with Crippen molar-refractivity contribution in [2.75, 3.05) is 13.1 Å². The Hall–Kier alpha value is -1.32. The van der Waals surface area contributed by atoms with Gasteiger partial charge in [0.25, 0.3) is 0 Å². The van der Waals surface area contributed by atoms with E-state index in [1.165, 1.54) is 29.7 Å². The molecule has 0 aliphatic carbocycles. The van der Waals surface area contributed by atoms with Crippen molar-refractivity contribution in [3.63, 3.8) is 0 Å². The molecule has 1 saturated heterocycles. The Morgan fingerprint density at radius 2 is 1.83 bits per heavy atom. The first-order chi connectivity index (χ1) is 8.84. The lowest BCUT2D eigenvalue weighted by atomic mass is 9.90. The van der Waals surface area contributed by atoms with Crippen LogP contribution in [0.25, 0.3) is 11.1 Å². The van der Waals surface area contributed by atoms with Gasteiger partial charge in [-0.05, 0) is 43.6 Å². The average molecular weight is 262 g/mol. The fraction of sp³-hybridized carbons (Fsp3) is 0.357. The van der Waals surface area contributed by atoms with E-state index in [0.717, 1.165) is 18.1 Å². The van der Waals surface area contributed by atoms with Gasteiger partial charge in [-0.15, -0.1) is 0 Å². The number of rotatable bonds is 2. The minimum absolute atomic E-state index is 0.583. The predicted molar refractivity (Wildman–Crippen MR) is 73.9 cm³/mol. The van der Waals surface area contributed by atoms with Crippen LogP contribution in [0.4, 0.5) is 0 Å². The molecule has 2 aromatic rings. The third-order valence-electron chi connectivity index (χ3n) is 3.57. The molecular formula is C14H16ClN3. The maximum atomic E-state index is 5.93. The van der Waals surface area contributed by atoms with Crippen LogP contribution in [0.5, 0.6) is 0 Å². The fourth-order valence-electron chi connectivity index (χ4n) is 2.58. The molecule has 0 atom stereocenters. The number of nitrogens with one attached hydrogen (secondary N) is 2. The Morgan fingerprint density at radius 3 is 2.56 bits per heavy atom. The van der Waals surface area contributed by atoms with Gasteiger partial charge < -0.3 is 5.32 Å². The average Bonchev–Trinajstić information content (AvgIpc) is 2.90. The van der Waals surface area contributed by atoms with Gasteiger partial charge in [0.05, 0.1) is 6.20 Å². The number of aromatic amines is 1. The summed E-state index contributed by atoms with van der Waals surface area (Å²) in [6.07, 6.45) is 4.26. The Balaban J connectivity index is 1.93. The highest BCUT2D eigenvalue weighted by Crippen LogP contribution is 2.32. The molecule has 1 aliphatic rings. The molecule has 94 valence electrons. The molecule has 0 amide bonds. The number of aromatic nitrogens is 2. The summed E-state index contributed by atoms with van der Waals surface area (Å²) in [6, 6.07) is 7.96. The quantitative estimate of drug-likeness (QED) is 0.872. The monoisotopic (exact) mass is 261 g/mol. The highest BCUT2D eigenvalue weighted by atomic mass is 35.5. The molecule has 4 heteroatoms. The van der Waals surface area contributed by atoms with E-state index >= 15 is 0 Å². The van der Waals surface area contributed by atoms with Gasteiger partial charge >= 0.3 is 0 Å². The largest absolute Gasteiger partial charge is 0.317 e. The molecule has 2 heterocycles. The second kappa shape index (κ2) is 5.12. The van der Waals surface area contributed by atoms with Gasteiger partial charge in [0.1, 0.15) is 0 Å². The number of H-pyrrole nitrogens is 1. The first kappa shape index (κ1) is 11.8. The SMILES string of the molecule is Clc1ccc(-c2cn[nH]c2C2CCNCC2)cc1. The summed E-state index contributed by atoms with van der Waals surface area (Å²) < 4.78 is 0. The van der Waals surface area contributed by atoms with Gasteiger partial charge in [-0.1, -0.05) is 23.7 Å². The van der Waals surface area contributed by atoms with Crippen molar-refractivity contribution in [2.24, 2.45) is 0 Å². The van der Waals surface area contributed by atoms with E-state index in [1.807, 2.05) is 18.3 Å². The van der Waals surface area contributed by atoms with Crippen LogP contribution in [0.1, 0.15) is 24.5 Å². The van der Waals surface area contributed by atoms with Crippen molar-refractivity contribution in [1.29, 1.82) is 0 Å². The number of halogens is 1. The van der Waals surface area contributed by atoms with Gasteiger partial charge in [0.2, 0.25) is 0 Å². The van der Waals surface area contributed by atoms with E-state index in [9.17, 15) is 0 Å². The van der Waals surface area contributed by atoms with Crippen LogP contribution in [-0.4, -0.2) is 23.3 Å². The first-order valence-electron chi connectivity index (χ1n) is 6.34. The van der Waals surface area contributed by atoms with Crippen LogP contribution in [0.15, 0.2) is 30.5 Å². The summed E-state index contributed by atoms with van der Waals surface area (Å²) in [7, 11) is 0. The molecule has 1 aromatic heterocycles. The van der Waals surface area contributed by atoms with Gasteiger partial charge in [-0.2, -0.15) is 5.10 Å². The Morgan fingerprint density at radius 1 is 1.11 bits per heavy atom. The first-order valence-corrected chi connectivity index (χ1v) is 6.72. The van der Waals surface area contributed by atoms with Crippen LogP contribution >= 0.6 is 11.6 Å². The maximum absolute atomic E-state index is 5.93. The lowest BCUT2D eigenvalue weighted by molar-refractivity contribution is 0.453. The van der Waals surface area contributed by atoms with E-state index in [4.69, 9.17) is 11.6 Å². The zero-order chi connectivity index (χ0) is 12.4. The van der Waals surface area contributed by atoms with Crippen molar-refractivity contribution in [1.82, 2.24) is 15.5 Å². The lowest BCUT2D eigenvalue weighted by Gasteiger charge is -2.22. The van der Waals surface area contributed by atoms with Crippen molar-refractivity contribution >= 4 is 11.6 Å². The normalized spacial score (nSPS) is 16.9. The molecule has 1 aliphatic heterocycles. The maximum Gasteiger partial charge on any atom is 0.0568 e. The summed E-state index contributed by atoms with van der Waals surface area (Å²) in [5, 5.41) is 11.6. The lowest BCUT2D eigenvalue weighted by Crippen LogP contribution is -2.27. The molecule has 0 radical (unpaired) electrons. The van der Waals surface area contributed by atoms with E-state index in [1.54, 1.807) is 0 Å². The molecule has 18 heavy (non-hydrogen) atoms. The van der Waals surface area contributed by atoms with E-state index in [2.05, 4.69) is 27.6 Å². The van der Waals surface area contributed by atoms with Crippen LogP contribution in [-0.2, 0) is 0 Å². The molecular weight excluding hydrogens is 246 g/mol. The number of benzene rings is 1. The second-order valence-electron chi connectivity index (χ2n) is 4.73. The summed E-state index contributed by atoms with van der Waals surface area (Å²) in [4.78, 5) is 0. The smallest absolute Gasteiger partial charge is 0.0568 e. The van der Waals surface area contributed by atoms with Crippen LogP contribution in [0.3, 0.4) is 0 Å². The molecule has 0 saturated carbocycles. The Labute approximate surface area is 112 Å². The number of hydrogen-bond acceptors (Lipinski definition) is 2. The highest BCUT2D eigenvalue weighted by Gasteiger charge is 2.20. The zero-order valence-corrected chi connectivity index (χ0v) is 10.9. The molecule has 1 aromatic carbocycles. The van der Waals surface area contributed by atoms with Gasteiger partial charge in [0, 0.05) is 22.2 Å². The van der Waals surface area contributed by atoms with Crippen LogP contribution in [0, 0.1) is 0 Å².